The molecule has 2 rings (SSSR count). The first kappa shape index (κ1) is 15.8. The third kappa shape index (κ3) is 4.44. The standard InChI is InChI=1S/C14H21N3O3S/c1-9-3-6-12(8-13(9)17-21(2,19)20)16-14(18)10-4-5-11(15)7-10/h3,6,8,10-11,17H,4-5,7,15H2,1-2H3,(H,16,18). The van der Waals surface area contributed by atoms with E-state index in [0.717, 1.165) is 24.7 Å². The number of carbonyl (C=O) groups excluding carboxylic acids is 1. The molecule has 1 amide bonds. The molecule has 21 heavy (non-hydrogen) atoms. The molecule has 0 aromatic heterocycles. The van der Waals surface area contributed by atoms with Gasteiger partial charge in [-0.1, -0.05) is 6.07 Å². The molecule has 0 radical (unpaired) electrons. The summed E-state index contributed by atoms with van der Waals surface area (Å²) in [4.78, 5) is 12.1. The number of rotatable bonds is 4. The monoisotopic (exact) mass is 311 g/mol. The average molecular weight is 311 g/mol. The third-order valence-electron chi connectivity index (χ3n) is 3.64. The van der Waals surface area contributed by atoms with Gasteiger partial charge in [-0.15, -0.1) is 0 Å². The average Bonchev–Trinajstić information content (AvgIpc) is 2.78. The fourth-order valence-electron chi connectivity index (χ4n) is 2.51. The van der Waals surface area contributed by atoms with Gasteiger partial charge in [-0.3, -0.25) is 9.52 Å². The lowest BCUT2D eigenvalue weighted by atomic mass is 10.1. The van der Waals surface area contributed by atoms with Gasteiger partial charge in [0.15, 0.2) is 0 Å². The zero-order valence-corrected chi connectivity index (χ0v) is 13.0. The SMILES string of the molecule is Cc1ccc(NC(=O)C2CCC(N)C2)cc1NS(C)(=O)=O. The second-order valence-corrected chi connectivity index (χ2v) is 7.41. The van der Waals surface area contributed by atoms with Gasteiger partial charge in [0.2, 0.25) is 15.9 Å². The summed E-state index contributed by atoms with van der Waals surface area (Å²) in [6, 6.07) is 5.25. The van der Waals surface area contributed by atoms with Gasteiger partial charge in [0.05, 0.1) is 11.9 Å². The van der Waals surface area contributed by atoms with Crippen LogP contribution in [0.2, 0.25) is 0 Å². The van der Waals surface area contributed by atoms with E-state index in [9.17, 15) is 13.2 Å². The Labute approximate surface area is 125 Å². The predicted octanol–water partition coefficient (Wildman–Crippen LogP) is 1.43. The lowest BCUT2D eigenvalue weighted by Gasteiger charge is -2.13. The number of hydrogen-bond donors (Lipinski definition) is 3. The predicted molar refractivity (Wildman–Crippen MR) is 83.6 cm³/mol. The van der Waals surface area contributed by atoms with Crippen molar-refractivity contribution in [3.8, 4) is 0 Å². The van der Waals surface area contributed by atoms with E-state index in [2.05, 4.69) is 10.0 Å². The first-order chi connectivity index (χ1) is 9.74. The first-order valence-electron chi connectivity index (χ1n) is 6.89. The fraction of sp³-hybridized carbons (Fsp3) is 0.500. The van der Waals surface area contributed by atoms with Crippen molar-refractivity contribution in [1.82, 2.24) is 0 Å². The van der Waals surface area contributed by atoms with Crippen molar-refractivity contribution in [1.29, 1.82) is 0 Å². The minimum Gasteiger partial charge on any atom is -0.328 e. The number of amides is 1. The molecule has 1 fully saturated rings. The molecular formula is C14H21N3O3S. The van der Waals surface area contributed by atoms with Crippen LogP contribution in [-0.2, 0) is 14.8 Å². The molecule has 0 spiro atoms. The third-order valence-corrected chi connectivity index (χ3v) is 4.24. The van der Waals surface area contributed by atoms with E-state index in [0.29, 0.717) is 17.8 Å². The molecular weight excluding hydrogens is 290 g/mol. The van der Waals surface area contributed by atoms with Crippen LogP contribution < -0.4 is 15.8 Å². The van der Waals surface area contributed by atoms with Crippen LogP contribution in [-0.4, -0.2) is 26.6 Å². The highest BCUT2D eigenvalue weighted by Crippen LogP contribution is 2.27. The maximum atomic E-state index is 12.1. The summed E-state index contributed by atoms with van der Waals surface area (Å²) in [5.41, 5.74) is 7.66. The number of carbonyl (C=O) groups is 1. The van der Waals surface area contributed by atoms with E-state index in [-0.39, 0.29) is 17.9 Å². The molecule has 0 bridgehead atoms. The molecule has 1 aromatic rings. The summed E-state index contributed by atoms with van der Waals surface area (Å²) in [7, 11) is -3.35. The minimum atomic E-state index is -3.35. The Bertz CT molecular complexity index is 643. The van der Waals surface area contributed by atoms with Crippen LogP contribution in [0.5, 0.6) is 0 Å². The van der Waals surface area contributed by atoms with Crippen LogP contribution in [0, 0.1) is 12.8 Å². The Hall–Kier alpha value is -1.60. The smallest absolute Gasteiger partial charge is 0.229 e. The van der Waals surface area contributed by atoms with Crippen LogP contribution >= 0.6 is 0 Å². The minimum absolute atomic E-state index is 0.0582. The summed E-state index contributed by atoms with van der Waals surface area (Å²) in [5.74, 6) is -0.121. The molecule has 2 atom stereocenters. The molecule has 1 aliphatic rings. The molecule has 1 aliphatic carbocycles. The molecule has 4 N–H and O–H groups in total. The van der Waals surface area contributed by atoms with Crippen LogP contribution in [0.25, 0.3) is 0 Å². The molecule has 2 unspecified atom stereocenters. The number of aryl methyl sites for hydroxylation is 1. The number of nitrogens with two attached hydrogens (primary N) is 1. The maximum Gasteiger partial charge on any atom is 0.229 e. The summed E-state index contributed by atoms with van der Waals surface area (Å²) in [6.45, 7) is 1.80. The Morgan fingerprint density at radius 3 is 2.62 bits per heavy atom. The zero-order valence-electron chi connectivity index (χ0n) is 12.2. The van der Waals surface area contributed by atoms with Gasteiger partial charge in [0.25, 0.3) is 0 Å². The van der Waals surface area contributed by atoms with Crippen molar-refractivity contribution >= 4 is 27.3 Å². The fourth-order valence-corrected chi connectivity index (χ4v) is 3.13. The van der Waals surface area contributed by atoms with Crippen molar-refractivity contribution in [2.45, 2.75) is 32.2 Å². The van der Waals surface area contributed by atoms with Crippen LogP contribution in [0.3, 0.4) is 0 Å². The Morgan fingerprint density at radius 2 is 2.05 bits per heavy atom. The summed E-state index contributed by atoms with van der Waals surface area (Å²) in [6.07, 6.45) is 3.46. The van der Waals surface area contributed by atoms with E-state index < -0.39 is 10.0 Å². The molecule has 0 saturated heterocycles. The summed E-state index contributed by atoms with van der Waals surface area (Å²) in [5, 5.41) is 2.83. The number of sulfonamides is 1. The van der Waals surface area contributed by atoms with Gasteiger partial charge in [0, 0.05) is 17.6 Å². The summed E-state index contributed by atoms with van der Waals surface area (Å²) < 4.78 is 25.1. The van der Waals surface area contributed by atoms with Gasteiger partial charge in [0.1, 0.15) is 0 Å². The van der Waals surface area contributed by atoms with Crippen molar-refractivity contribution < 1.29 is 13.2 Å². The highest BCUT2D eigenvalue weighted by molar-refractivity contribution is 7.92. The molecule has 116 valence electrons. The topological polar surface area (TPSA) is 101 Å². The van der Waals surface area contributed by atoms with E-state index in [1.165, 1.54) is 0 Å². The van der Waals surface area contributed by atoms with Crippen molar-refractivity contribution in [3.63, 3.8) is 0 Å². The molecule has 0 heterocycles. The van der Waals surface area contributed by atoms with Gasteiger partial charge < -0.3 is 11.1 Å². The first-order valence-corrected chi connectivity index (χ1v) is 8.78. The normalized spacial score (nSPS) is 22.0. The Balaban J connectivity index is 2.10. The van der Waals surface area contributed by atoms with Gasteiger partial charge >= 0.3 is 0 Å². The number of anilines is 2. The van der Waals surface area contributed by atoms with E-state index >= 15 is 0 Å². The van der Waals surface area contributed by atoms with Gasteiger partial charge in [-0.2, -0.15) is 0 Å². The second kappa shape index (κ2) is 6.03. The lowest BCUT2D eigenvalue weighted by Crippen LogP contribution is -2.23. The number of hydrogen-bond acceptors (Lipinski definition) is 4. The number of nitrogens with one attached hydrogen (secondary N) is 2. The van der Waals surface area contributed by atoms with E-state index in [1.807, 2.05) is 0 Å². The Morgan fingerprint density at radius 1 is 1.33 bits per heavy atom. The highest BCUT2D eigenvalue weighted by Gasteiger charge is 2.27. The molecule has 1 aromatic carbocycles. The summed E-state index contributed by atoms with van der Waals surface area (Å²) >= 11 is 0. The molecule has 6 nitrogen and oxygen atoms in total. The number of benzene rings is 1. The van der Waals surface area contributed by atoms with Gasteiger partial charge in [-0.05, 0) is 43.9 Å². The van der Waals surface area contributed by atoms with Crippen LogP contribution in [0.1, 0.15) is 24.8 Å². The largest absolute Gasteiger partial charge is 0.328 e. The lowest BCUT2D eigenvalue weighted by molar-refractivity contribution is -0.119. The quantitative estimate of drug-likeness (QED) is 0.783. The second-order valence-electron chi connectivity index (χ2n) is 5.66. The molecule has 1 saturated carbocycles. The molecule has 0 aliphatic heterocycles. The van der Waals surface area contributed by atoms with Crippen molar-refractivity contribution in [2.75, 3.05) is 16.3 Å². The van der Waals surface area contributed by atoms with Crippen molar-refractivity contribution in [2.24, 2.45) is 11.7 Å². The van der Waals surface area contributed by atoms with Gasteiger partial charge in [-0.25, -0.2) is 8.42 Å². The van der Waals surface area contributed by atoms with E-state index in [4.69, 9.17) is 5.73 Å². The maximum absolute atomic E-state index is 12.1. The zero-order chi connectivity index (χ0) is 15.6. The highest BCUT2D eigenvalue weighted by atomic mass is 32.2. The molecule has 7 heteroatoms. The van der Waals surface area contributed by atoms with Crippen molar-refractivity contribution in [3.05, 3.63) is 23.8 Å². The van der Waals surface area contributed by atoms with Crippen LogP contribution in [0.15, 0.2) is 18.2 Å². The Kier molecular flexibility index (Phi) is 4.53. The van der Waals surface area contributed by atoms with E-state index in [1.54, 1.807) is 25.1 Å². The van der Waals surface area contributed by atoms with Crippen LogP contribution in [0.4, 0.5) is 11.4 Å².